The van der Waals surface area contributed by atoms with Gasteiger partial charge in [0.05, 0.1) is 0 Å². The van der Waals surface area contributed by atoms with E-state index in [0.717, 1.165) is 67.5 Å². The summed E-state index contributed by atoms with van der Waals surface area (Å²) < 4.78 is 1.47. The van der Waals surface area contributed by atoms with Gasteiger partial charge in [0.25, 0.3) is 0 Å². The van der Waals surface area contributed by atoms with Crippen LogP contribution >= 0.6 is 0 Å². The Morgan fingerprint density at radius 1 is 0.290 bits per heavy atom. The molecule has 3 rings (SSSR count). The second-order valence-corrected chi connectivity index (χ2v) is 28.9. The number of rotatable bonds is 67. The van der Waals surface area contributed by atoms with Crippen LogP contribution in [-0.4, -0.2) is 4.70 Å². The van der Waals surface area contributed by atoms with Crippen LogP contribution in [0.3, 0.4) is 0 Å². The van der Waals surface area contributed by atoms with Crippen molar-refractivity contribution in [1.29, 1.82) is 0 Å². The summed E-state index contributed by atoms with van der Waals surface area (Å²) in [7, 11) is 0. The predicted octanol–water partition coefficient (Wildman–Crippen LogP) is 32.2. The molecule has 0 unspecified atom stereocenters. The second kappa shape index (κ2) is 73.9. The minimum Gasteiger partial charge on any atom is -0.518 e. The van der Waals surface area contributed by atoms with Crippen molar-refractivity contribution in [3.63, 3.8) is 0 Å². The van der Waals surface area contributed by atoms with E-state index in [9.17, 15) is 5.53 Å². The van der Waals surface area contributed by atoms with E-state index in [-0.39, 0.29) is 20.4 Å². The van der Waals surface area contributed by atoms with Gasteiger partial charge < -0.3 is 18.7 Å². The van der Waals surface area contributed by atoms with E-state index < -0.39 is 0 Å². The van der Waals surface area contributed by atoms with Gasteiger partial charge in [-0.1, -0.05) is 438 Å². The Morgan fingerprint density at radius 3 is 0.796 bits per heavy atom. The predicted molar refractivity (Wildman–Crippen MR) is 416 cm³/mol. The average Bonchev–Trinajstić information content (AvgIpc) is 1.66. The summed E-state index contributed by atoms with van der Waals surface area (Å²) in [6.45, 7) is 22.2. The molecule has 93 heavy (non-hydrogen) atoms. The van der Waals surface area contributed by atoms with Crippen molar-refractivity contribution in [2.24, 2.45) is 0 Å². The van der Waals surface area contributed by atoms with Crippen LogP contribution in [0.5, 0.6) is 0 Å². The molecule has 0 saturated carbocycles. The molecule has 0 radical (unpaired) electrons. The largest absolute Gasteiger partial charge is 2.00 e. The minimum absolute atomic E-state index is 0. The van der Waals surface area contributed by atoms with Gasteiger partial charge in [0.15, 0.2) is 0 Å². The zero-order valence-corrected chi connectivity index (χ0v) is 64.7. The monoisotopic (exact) mass is 1370 g/mol. The minimum atomic E-state index is 0. The Labute approximate surface area is 597 Å². The van der Waals surface area contributed by atoms with E-state index in [1.807, 2.05) is 0 Å². The zero-order valence-electron chi connectivity index (χ0n) is 63.2. The molecule has 0 N–H and O–H groups in total. The van der Waals surface area contributed by atoms with E-state index in [4.69, 9.17) is 13.2 Å². The third-order valence-electron chi connectivity index (χ3n) is 19.9. The Hall–Kier alpha value is -2.34. The van der Waals surface area contributed by atoms with Gasteiger partial charge in [0, 0.05) is 22.8 Å². The maximum Gasteiger partial charge on any atom is 2.00 e. The molecule has 3 heteroatoms. The first-order valence-electron chi connectivity index (χ1n) is 41.7. The molecular formula is C90H158N2Pd. The number of hydrogen-bond acceptors (Lipinski definition) is 0. The Kier molecular flexibility index (Phi) is 72.0. The molecule has 0 atom stereocenters. The molecule has 2 aromatic rings. The number of nitrogens with zero attached hydrogens (tertiary/aromatic N) is 2. The summed E-state index contributed by atoms with van der Waals surface area (Å²) in [5, 5.41) is 0. The fourth-order valence-corrected chi connectivity index (χ4v) is 13.7. The van der Waals surface area contributed by atoms with Crippen molar-refractivity contribution in [3.05, 3.63) is 113 Å². The molecule has 2 aromatic carbocycles. The molecule has 1 heterocycles. The molecule has 2 nitrogen and oxygen atoms in total. The zero-order chi connectivity index (χ0) is 66.4. The molecule has 1 aliphatic rings. The van der Waals surface area contributed by atoms with Gasteiger partial charge in [-0.3, -0.25) is 12.2 Å². The second-order valence-electron chi connectivity index (χ2n) is 28.9. The van der Waals surface area contributed by atoms with Gasteiger partial charge in [-0.2, -0.15) is 0 Å². The van der Waals surface area contributed by atoms with E-state index in [0.29, 0.717) is 0 Å². The maximum absolute atomic E-state index is 11.5. The summed E-state index contributed by atoms with van der Waals surface area (Å²) in [6.07, 6.45) is 96.2. The van der Waals surface area contributed by atoms with Gasteiger partial charge in [-0.15, -0.1) is 0 Å². The number of benzene rings is 2. The molecule has 0 aliphatic carbocycles. The summed E-state index contributed by atoms with van der Waals surface area (Å²) in [6, 6.07) is 17.7. The average molecular weight is 1370 g/mol. The Bertz CT molecular complexity index is 1900. The summed E-state index contributed by atoms with van der Waals surface area (Å²) in [5.74, 6) is 0. The number of allylic oxidation sites excluding steroid dienone is 4. The molecule has 0 aromatic heterocycles. The van der Waals surface area contributed by atoms with Crippen LogP contribution in [0.2, 0.25) is 0 Å². The smallest absolute Gasteiger partial charge is 0.518 e. The van der Waals surface area contributed by atoms with Crippen molar-refractivity contribution in [2.75, 3.05) is 0 Å². The van der Waals surface area contributed by atoms with E-state index in [1.165, 1.54) is 394 Å². The third kappa shape index (κ3) is 57.3. The Morgan fingerprint density at radius 2 is 0.527 bits per heavy atom. The van der Waals surface area contributed by atoms with Crippen molar-refractivity contribution in [2.45, 2.75) is 452 Å². The summed E-state index contributed by atoms with van der Waals surface area (Å²) in [4.78, 5) is 0. The molecule has 0 bridgehead atoms. The Balaban J connectivity index is 0.00000139. The standard InChI is InChI=1S/C36H52N2.2C27H53.Pd/c1-4-7-10-12-14-16-20-30-22-18-25-32(27-30)35-29-34(24-9-6-3)36(38(35)37)33-26-19-23-31(28-33)21-17-15-13-11-8-5-2;2*1-3-5-7-9-11-13-15-17-19-21-23-25-27-26-24-22-20-18-16-14-12-10-8-6-4-2;/h18-19,22-23,25-29H,4-17,20-21,24H2,1-3H3;2*1,3H,4-27H2,2H3;/q;2*-1;+2. The van der Waals surface area contributed by atoms with Gasteiger partial charge in [-0.05, 0) is 73.9 Å². The number of unbranched alkanes of at least 4 members (excludes halogenated alkanes) is 57. The van der Waals surface area contributed by atoms with Crippen LogP contribution < -0.4 is 0 Å². The fraction of sp³-hybridized carbons (Fsp3) is 0.778. The van der Waals surface area contributed by atoms with Gasteiger partial charge in [-0.25, -0.2) is 4.70 Å². The van der Waals surface area contributed by atoms with Gasteiger partial charge in [0.2, 0.25) is 11.4 Å². The first kappa shape index (κ1) is 90.7. The van der Waals surface area contributed by atoms with Crippen molar-refractivity contribution < 1.29 is 25.1 Å². The number of aryl methyl sites for hydroxylation is 2. The SMILES string of the molecule is CCCCCCCCc1cccc(C2=CC(CCCC)=C(c3cccc(CCCCCCCC)c3)[N+]2=[N-])c1.[CH-]=CCCCCCCCCCCCCCCCCCCCCCCCCC.[CH-]=CCCCCCCCCCCCCCCCCCCCCCCCCC.[Pd+2]. The van der Waals surface area contributed by atoms with Crippen LogP contribution in [0.15, 0.2) is 72.3 Å². The fourth-order valence-electron chi connectivity index (χ4n) is 13.7. The maximum atomic E-state index is 11.5. The van der Waals surface area contributed by atoms with Crippen LogP contribution in [0, 0.1) is 13.2 Å². The van der Waals surface area contributed by atoms with E-state index in [1.54, 1.807) is 12.2 Å². The molecule has 0 amide bonds. The van der Waals surface area contributed by atoms with Gasteiger partial charge >= 0.3 is 20.4 Å². The molecule has 0 fully saturated rings. The van der Waals surface area contributed by atoms with Crippen LogP contribution in [0.1, 0.15) is 461 Å². The van der Waals surface area contributed by atoms with Crippen molar-refractivity contribution >= 4 is 11.4 Å². The summed E-state index contributed by atoms with van der Waals surface area (Å²) in [5.41, 5.74) is 19.6. The first-order valence-corrected chi connectivity index (χ1v) is 41.7. The normalized spacial score (nSPS) is 12.0. The molecular weight excluding hydrogens is 1220 g/mol. The number of hydrogen-bond donors (Lipinski definition) is 0. The van der Waals surface area contributed by atoms with Crippen LogP contribution in [0.4, 0.5) is 0 Å². The van der Waals surface area contributed by atoms with Crippen molar-refractivity contribution in [3.8, 4) is 0 Å². The summed E-state index contributed by atoms with van der Waals surface area (Å²) >= 11 is 0. The quantitative estimate of drug-likeness (QED) is 0.0273. The third-order valence-corrected chi connectivity index (χ3v) is 19.9. The van der Waals surface area contributed by atoms with Gasteiger partial charge in [0.1, 0.15) is 0 Å². The van der Waals surface area contributed by atoms with E-state index in [2.05, 4.69) is 89.2 Å². The van der Waals surface area contributed by atoms with E-state index >= 15 is 0 Å². The topological polar surface area (TPSA) is 25.3 Å². The molecule has 1 aliphatic heterocycles. The molecule has 538 valence electrons. The van der Waals surface area contributed by atoms with Crippen LogP contribution in [0.25, 0.3) is 16.9 Å². The first-order chi connectivity index (χ1) is 45.5. The molecule has 0 spiro atoms. The van der Waals surface area contributed by atoms with Crippen LogP contribution in [-0.2, 0) is 33.3 Å². The molecule has 0 saturated heterocycles. The van der Waals surface area contributed by atoms with Crippen molar-refractivity contribution in [1.82, 2.24) is 0 Å².